The number of carbonyl (C=O) groups excluding carboxylic acids is 2. The van der Waals surface area contributed by atoms with E-state index < -0.39 is 0 Å². The molecule has 0 radical (unpaired) electrons. The van der Waals surface area contributed by atoms with Crippen LogP contribution in [0.3, 0.4) is 0 Å². The van der Waals surface area contributed by atoms with Gasteiger partial charge in [-0.2, -0.15) is 0 Å². The third kappa shape index (κ3) is 3.44. The highest BCUT2D eigenvalue weighted by Crippen LogP contribution is 2.18. The maximum atomic E-state index is 12.2. The van der Waals surface area contributed by atoms with Crippen molar-refractivity contribution in [2.24, 2.45) is 0 Å². The molecule has 0 fully saturated rings. The van der Waals surface area contributed by atoms with Crippen LogP contribution in [0.2, 0.25) is 0 Å². The summed E-state index contributed by atoms with van der Waals surface area (Å²) in [5.41, 5.74) is 0.685. The Bertz CT molecular complexity index is 614. The number of Topliss-reactive ketones (excluding diaryl/α,β-unsaturated/α-hetero) is 1. The third-order valence-electron chi connectivity index (χ3n) is 3.35. The van der Waals surface area contributed by atoms with E-state index in [4.69, 9.17) is 0 Å². The molecule has 0 aliphatic carbocycles. The van der Waals surface area contributed by atoms with Gasteiger partial charge in [0.15, 0.2) is 0 Å². The average Bonchev–Trinajstić information content (AvgIpc) is 2.50. The minimum Gasteiger partial charge on any atom is -0.352 e. The number of hydrogen-bond acceptors (Lipinski definition) is 2. The molecule has 104 valence electrons. The van der Waals surface area contributed by atoms with Crippen LogP contribution in [0, 0.1) is 0 Å². The largest absolute Gasteiger partial charge is 0.352 e. The molecule has 20 heavy (non-hydrogen) atoms. The first kappa shape index (κ1) is 14.3. The second-order valence-corrected chi connectivity index (χ2v) is 4.78. The van der Waals surface area contributed by atoms with Gasteiger partial charge in [-0.15, -0.1) is 0 Å². The van der Waals surface area contributed by atoms with Crippen molar-refractivity contribution in [3.8, 4) is 0 Å². The predicted molar refractivity (Wildman–Crippen MR) is 80.8 cm³/mol. The highest BCUT2D eigenvalue weighted by molar-refractivity contribution is 6.06. The summed E-state index contributed by atoms with van der Waals surface area (Å²) in [7, 11) is 0. The highest BCUT2D eigenvalue weighted by Gasteiger charge is 2.08. The van der Waals surface area contributed by atoms with Crippen LogP contribution >= 0.6 is 0 Å². The normalized spacial score (nSPS) is 10.4. The summed E-state index contributed by atoms with van der Waals surface area (Å²) in [6, 6.07) is 13.5. The van der Waals surface area contributed by atoms with Crippen molar-refractivity contribution in [2.45, 2.75) is 26.2 Å². The summed E-state index contributed by atoms with van der Waals surface area (Å²) in [4.78, 5) is 23.4. The summed E-state index contributed by atoms with van der Waals surface area (Å²) >= 11 is 0. The lowest BCUT2D eigenvalue weighted by atomic mass is 10.0. The standard InChI is InChI=1S/C17H19NO2/c1-2-14(19)9-6-12-18-17(20)16-11-5-8-13-7-3-4-10-15(13)16/h3-5,7-8,10-11H,2,6,9,12H2,1H3,(H,18,20). The summed E-state index contributed by atoms with van der Waals surface area (Å²) in [6.07, 6.45) is 1.80. The Kier molecular flexibility index (Phi) is 4.88. The van der Waals surface area contributed by atoms with Crippen LogP contribution in [-0.2, 0) is 4.79 Å². The van der Waals surface area contributed by atoms with E-state index in [1.807, 2.05) is 49.4 Å². The Morgan fingerprint density at radius 3 is 2.60 bits per heavy atom. The fourth-order valence-corrected chi connectivity index (χ4v) is 2.18. The number of amides is 1. The minimum absolute atomic E-state index is 0.0780. The number of benzene rings is 2. The van der Waals surface area contributed by atoms with Gasteiger partial charge in [-0.3, -0.25) is 9.59 Å². The van der Waals surface area contributed by atoms with E-state index in [1.165, 1.54) is 0 Å². The van der Waals surface area contributed by atoms with E-state index in [-0.39, 0.29) is 11.7 Å². The average molecular weight is 269 g/mol. The molecule has 0 spiro atoms. The SMILES string of the molecule is CCC(=O)CCCNC(=O)c1cccc2ccccc12. The van der Waals surface area contributed by atoms with Crippen molar-refractivity contribution in [2.75, 3.05) is 6.54 Å². The van der Waals surface area contributed by atoms with Crippen LogP contribution in [0.15, 0.2) is 42.5 Å². The Morgan fingerprint density at radius 2 is 1.80 bits per heavy atom. The molecule has 0 bridgehead atoms. The van der Waals surface area contributed by atoms with Crippen molar-refractivity contribution < 1.29 is 9.59 Å². The van der Waals surface area contributed by atoms with Crippen LogP contribution in [0.25, 0.3) is 10.8 Å². The lowest BCUT2D eigenvalue weighted by molar-refractivity contribution is -0.118. The van der Waals surface area contributed by atoms with Crippen molar-refractivity contribution >= 4 is 22.5 Å². The van der Waals surface area contributed by atoms with Crippen molar-refractivity contribution in [1.29, 1.82) is 0 Å². The fourth-order valence-electron chi connectivity index (χ4n) is 2.18. The van der Waals surface area contributed by atoms with Crippen LogP contribution < -0.4 is 5.32 Å². The van der Waals surface area contributed by atoms with Gasteiger partial charge in [0.1, 0.15) is 5.78 Å². The maximum absolute atomic E-state index is 12.2. The molecular weight excluding hydrogens is 250 g/mol. The second kappa shape index (κ2) is 6.85. The van der Waals surface area contributed by atoms with E-state index in [2.05, 4.69) is 5.32 Å². The number of hydrogen-bond donors (Lipinski definition) is 1. The molecule has 1 amide bonds. The molecule has 0 heterocycles. The monoisotopic (exact) mass is 269 g/mol. The van der Waals surface area contributed by atoms with Crippen molar-refractivity contribution in [3.63, 3.8) is 0 Å². The van der Waals surface area contributed by atoms with E-state index in [1.54, 1.807) is 0 Å². The molecule has 3 nitrogen and oxygen atoms in total. The lowest BCUT2D eigenvalue weighted by Crippen LogP contribution is -2.25. The van der Waals surface area contributed by atoms with E-state index in [0.717, 1.165) is 10.8 Å². The molecule has 2 aromatic carbocycles. The zero-order valence-corrected chi connectivity index (χ0v) is 11.7. The molecule has 0 aliphatic heterocycles. The minimum atomic E-state index is -0.0780. The Hall–Kier alpha value is -2.16. The molecule has 3 heteroatoms. The van der Waals surface area contributed by atoms with Gasteiger partial charge in [0, 0.05) is 24.9 Å². The topological polar surface area (TPSA) is 46.2 Å². The first-order valence-corrected chi connectivity index (χ1v) is 7.00. The van der Waals surface area contributed by atoms with Crippen LogP contribution in [0.4, 0.5) is 0 Å². The third-order valence-corrected chi connectivity index (χ3v) is 3.35. The van der Waals surface area contributed by atoms with Crippen LogP contribution in [0.5, 0.6) is 0 Å². The van der Waals surface area contributed by atoms with E-state index >= 15 is 0 Å². The molecular formula is C17H19NO2. The molecule has 1 N–H and O–H groups in total. The maximum Gasteiger partial charge on any atom is 0.251 e. The summed E-state index contributed by atoms with van der Waals surface area (Å²) in [5.74, 6) is 0.162. The highest BCUT2D eigenvalue weighted by atomic mass is 16.1. The molecule has 0 unspecified atom stereocenters. The summed E-state index contributed by atoms with van der Waals surface area (Å²) in [6.45, 7) is 2.39. The Balaban J connectivity index is 1.99. The number of rotatable bonds is 6. The van der Waals surface area contributed by atoms with Crippen LogP contribution in [-0.4, -0.2) is 18.2 Å². The van der Waals surface area contributed by atoms with Gasteiger partial charge >= 0.3 is 0 Å². The smallest absolute Gasteiger partial charge is 0.251 e. The first-order chi connectivity index (χ1) is 9.72. The zero-order valence-electron chi connectivity index (χ0n) is 11.7. The quantitative estimate of drug-likeness (QED) is 0.818. The first-order valence-electron chi connectivity index (χ1n) is 7.00. The van der Waals surface area contributed by atoms with E-state index in [9.17, 15) is 9.59 Å². The molecule has 0 aromatic heterocycles. The molecule has 0 aliphatic rings. The summed E-state index contributed by atoms with van der Waals surface area (Å²) in [5, 5.41) is 4.89. The van der Waals surface area contributed by atoms with Gasteiger partial charge < -0.3 is 5.32 Å². The Morgan fingerprint density at radius 1 is 1.05 bits per heavy atom. The molecule has 0 atom stereocenters. The van der Waals surface area contributed by atoms with Gasteiger partial charge in [0.25, 0.3) is 5.91 Å². The number of nitrogens with one attached hydrogen (secondary N) is 1. The van der Waals surface area contributed by atoms with Gasteiger partial charge in [-0.05, 0) is 23.3 Å². The predicted octanol–water partition coefficient (Wildman–Crippen LogP) is 3.33. The van der Waals surface area contributed by atoms with Gasteiger partial charge in [0.2, 0.25) is 0 Å². The number of carbonyl (C=O) groups is 2. The fraction of sp³-hybridized carbons (Fsp3) is 0.294. The zero-order chi connectivity index (χ0) is 14.4. The van der Waals surface area contributed by atoms with Crippen molar-refractivity contribution in [3.05, 3.63) is 48.0 Å². The second-order valence-electron chi connectivity index (χ2n) is 4.78. The van der Waals surface area contributed by atoms with Gasteiger partial charge in [0.05, 0.1) is 0 Å². The Labute approximate surface area is 119 Å². The van der Waals surface area contributed by atoms with Gasteiger partial charge in [-0.1, -0.05) is 43.3 Å². The molecule has 0 saturated heterocycles. The molecule has 2 rings (SSSR count). The van der Waals surface area contributed by atoms with Gasteiger partial charge in [-0.25, -0.2) is 0 Å². The van der Waals surface area contributed by atoms with Crippen molar-refractivity contribution in [1.82, 2.24) is 5.32 Å². The van der Waals surface area contributed by atoms with Crippen LogP contribution in [0.1, 0.15) is 36.5 Å². The summed E-state index contributed by atoms with van der Waals surface area (Å²) < 4.78 is 0. The van der Waals surface area contributed by atoms with E-state index in [0.29, 0.717) is 31.4 Å². The lowest BCUT2D eigenvalue weighted by Gasteiger charge is -2.07. The molecule has 2 aromatic rings. The number of ketones is 1. The number of fused-ring (bicyclic) bond motifs is 1. The molecule has 0 saturated carbocycles.